The minimum absolute atomic E-state index is 0.0470. The highest BCUT2D eigenvalue weighted by atomic mass is 16.1. The summed E-state index contributed by atoms with van der Waals surface area (Å²) in [6, 6.07) is 1.97. The zero-order valence-electron chi connectivity index (χ0n) is 8.25. The highest BCUT2D eigenvalue weighted by molar-refractivity contribution is 5.22. The third kappa shape index (κ3) is 1.73. The maximum atomic E-state index is 11.3. The van der Waals surface area contributed by atoms with E-state index in [0.29, 0.717) is 18.0 Å². The highest BCUT2D eigenvalue weighted by Gasteiger charge is 2.17. The van der Waals surface area contributed by atoms with Crippen molar-refractivity contribution < 1.29 is 0 Å². The van der Waals surface area contributed by atoms with E-state index in [1.54, 1.807) is 0 Å². The maximum absolute atomic E-state index is 11.3. The standard InChI is InChI=1S/C11H16N2O/c12-6-9-5-10(7-13-11(9)14)8-3-1-2-4-8/h5,7-8H,1-4,6,12H2,(H,13,14). The third-order valence-corrected chi connectivity index (χ3v) is 3.05. The fraction of sp³-hybridized carbons (Fsp3) is 0.545. The molecule has 0 bridgehead atoms. The van der Waals surface area contributed by atoms with Gasteiger partial charge < -0.3 is 10.7 Å². The Bertz CT molecular complexity index is 364. The fourth-order valence-corrected chi connectivity index (χ4v) is 2.20. The van der Waals surface area contributed by atoms with Crippen molar-refractivity contribution >= 4 is 0 Å². The molecule has 0 aliphatic heterocycles. The van der Waals surface area contributed by atoms with Crippen LogP contribution >= 0.6 is 0 Å². The van der Waals surface area contributed by atoms with Crippen molar-refractivity contribution in [2.45, 2.75) is 38.1 Å². The van der Waals surface area contributed by atoms with Gasteiger partial charge in [-0.2, -0.15) is 0 Å². The van der Waals surface area contributed by atoms with Gasteiger partial charge in [-0.1, -0.05) is 12.8 Å². The molecule has 14 heavy (non-hydrogen) atoms. The number of nitrogens with one attached hydrogen (secondary N) is 1. The zero-order valence-corrected chi connectivity index (χ0v) is 8.25. The molecule has 1 aromatic heterocycles. The number of hydrogen-bond acceptors (Lipinski definition) is 2. The Morgan fingerprint density at radius 1 is 1.43 bits per heavy atom. The van der Waals surface area contributed by atoms with Crippen LogP contribution in [0.1, 0.15) is 42.7 Å². The molecule has 76 valence electrons. The first-order valence-electron chi connectivity index (χ1n) is 5.23. The lowest BCUT2D eigenvalue weighted by atomic mass is 9.98. The Labute approximate surface area is 83.3 Å². The Morgan fingerprint density at radius 3 is 2.79 bits per heavy atom. The predicted octanol–water partition coefficient (Wildman–Crippen LogP) is 1.49. The smallest absolute Gasteiger partial charge is 0.252 e. The van der Waals surface area contributed by atoms with Crippen LogP contribution in [0.15, 0.2) is 17.1 Å². The van der Waals surface area contributed by atoms with Crippen LogP contribution in [0.25, 0.3) is 0 Å². The zero-order chi connectivity index (χ0) is 9.97. The second-order valence-electron chi connectivity index (χ2n) is 3.97. The van der Waals surface area contributed by atoms with E-state index in [-0.39, 0.29) is 5.56 Å². The van der Waals surface area contributed by atoms with Crippen LogP contribution < -0.4 is 11.3 Å². The van der Waals surface area contributed by atoms with Crippen LogP contribution in [0.5, 0.6) is 0 Å². The molecule has 0 atom stereocenters. The van der Waals surface area contributed by atoms with E-state index in [0.717, 1.165) is 0 Å². The van der Waals surface area contributed by atoms with Crippen molar-refractivity contribution in [1.29, 1.82) is 0 Å². The lowest BCUT2D eigenvalue weighted by molar-refractivity contribution is 0.715. The minimum Gasteiger partial charge on any atom is -0.329 e. The summed E-state index contributed by atoms with van der Waals surface area (Å²) >= 11 is 0. The number of H-pyrrole nitrogens is 1. The second kappa shape index (κ2) is 3.96. The molecule has 1 fully saturated rings. The van der Waals surface area contributed by atoms with Gasteiger partial charge in [0, 0.05) is 18.3 Å². The molecule has 0 amide bonds. The summed E-state index contributed by atoms with van der Waals surface area (Å²) in [4.78, 5) is 14.0. The molecule has 0 radical (unpaired) electrons. The third-order valence-electron chi connectivity index (χ3n) is 3.05. The molecule has 1 aromatic rings. The van der Waals surface area contributed by atoms with Crippen LogP contribution in [0.2, 0.25) is 0 Å². The Kier molecular flexibility index (Phi) is 2.68. The molecule has 3 nitrogen and oxygen atoms in total. The van der Waals surface area contributed by atoms with Gasteiger partial charge in [0.15, 0.2) is 0 Å². The number of aromatic amines is 1. The van der Waals surface area contributed by atoms with Crippen LogP contribution in [0.3, 0.4) is 0 Å². The first-order valence-corrected chi connectivity index (χ1v) is 5.23. The minimum atomic E-state index is -0.0470. The highest BCUT2D eigenvalue weighted by Crippen LogP contribution is 2.33. The van der Waals surface area contributed by atoms with Crippen LogP contribution in [0, 0.1) is 0 Å². The number of aromatic nitrogens is 1. The van der Waals surface area contributed by atoms with Gasteiger partial charge in [0.1, 0.15) is 0 Å². The van der Waals surface area contributed by atoms with E-state index >= 15 is 0 Å². The molecule has 0 aromatic carbocycles. The van der Waals surface area contributed by atoms with E-state index in [2.05, 4.69) is 4.98 Å². The fourth-order valence-electron chi connectivity index (χ4n) is 2.20. The molecule has 1 aliphatic rings. The first-order chi connectivity index (χ1) is 6.81. The van der Waals surface area contributed by atoms with E-state index in [4.69, 9.17) is 5.73 Å². The summed E-state index contributed by atoms with van der Waals surface area (Å²) in [7, 11) is 0. The van der Waals surface area contributed by atoms with Gasteiger partial charge in [-0.05, 0) is 30.4 Å². The first kappa shape index (κ1) is 9.46. The predicted molar refractivity (Wildman–Crippen MR) is 56.2 cm³/mol. The Hall–Kier alpha value is -1.09. The van der Waals surface area contributed by atoms with Crippen molar-refractivity contribution in [3.05, 3.63) is 33.7 Å². The van der Waals surface area contributed by atoms with Crippen molar-refractivity contribution in [2.75, 3.05) is 0 Å². The molecule has 2 rings (SSSR count). The number of hydrogen-bond donors (Lipinski definition) is 2. The van der Waals surface area contributed by atoms with Gasteiger partial charge in [-0.15, -0.1) is 0 Å². The molecule has 1 saturated carbocycles. The molecular weight excluding hydrogens is 176 g/mol. The van der Waals surface area contributed by atoms with Gasteiger partial charge in [0.2, 0.25) is 0 Å². The van der Waals surface area contributed by atoms with Crippen molar-refractivity contribution in [1.82, 2.24) is 4.98 Å². The average molecular weight is 192 g/mol. The van der Waals surface area contributed by atoms with Crippen LogP contribution in [0.4, 0.5) is 0 Å². The van der Waals surface area contributed by atoms with Crippen molar-refractivity contribution in [3.8, 4) is 0 Å². The largest absolute Gasteiger partial charge is 0.329 e. The molecule has 0 spiro atoms. The van der Waals surface area contributed by atoms with Gasteiger partial charge in [-0.3, -0.25) is 4.79 Å². The number of rotatable bonds is 2. The topological polar surface area (TPSA) is 58.9 Å². The van der Waals surface area contributed by atoms with Crippen LogP contribution in [-0.2, 0) is 6.54 Å². The Balaban J connectivity index is 2.30. The molecule has 0 unspecified atom stereocenters. The molecule has 0 saturated heterocycles. The molecule has 1 aliphatic carbocycles. The number of pyridine rings is 1. The number of nitrogens with two attached hydrogens (primary N) is 1. The lowest BCUT2D eigenvalue weighted by Gasteiger charge is -2.09. The summed E-state index contributed by atoms with van der Waals surface area (Å²) in [5.41, 5.74) is 7.41. The second-order valence-corrected chi connectivity index (χ2v) is 3.97. The van der Waals surface area contributed by atoms with E-state index in [9.17, 15) is 4.79 Å². The van der Waals surface area contributed by atoms with Gasteiger partial charge in [0.05, 0.1) is 0 Å². The quantitative estimate of drug-likeness (QED) is 0.745. The van der Waals surface area contributed by atoms with E-state index < -0.39 is 0 Å². The van der Waals surface area contributed by atoms with Crippen LogP contribution in [-0.4, -0.2) is 4.98 Å². The van der Waals surface area contributed by atoms with E-state index in [1.807, 2.05) is 12.3 Å². The molecule has 3 N–H and O–H groups in total. The molecule has 1 heterocycles. The van der Waals surface area contributed by atoms with Crippen molar-refractivity contribution in [2.24, 2.45) is 5.73 Å². The summed E-state index contributed by atoms with van der Waals surface area (Å²) < 4.78 is 0. The SMILES string of the molecule is NCc1cc(C2CCCC2)c[nH]c1=O. The maximum Gasteiger partial charge on any atom is 0.252 e. The molecular formula is C11H16N2O. The average Bonchev–Trinajstić information content (AvgIpc) is 2.71. The summed E-state index contributed by atoms with van der Waals surface area (Å²) in [6.07, 6.45) is 6.95. The monoisotopic (exact) mass is 192 g/mol. The molecule has 3 heteroatoms. The summed E-state index contributed by atoms with van der Waals surface area (Å²) in [5, 5.41) is 0. The van der Waals surface area contributed by atoms with Gasteiger partial charge >= 0.3 is 0 Å². The van der Waals surface area contributed by atoms with Gasteiger partial charge in [0.25, 0.3) is 5.56 Å². The van der Waals surface area contributed by atoms with Crippen molar-refractivity contribution in [3.63, 3.8) is 0 Å². The lowest BCUT2D eigenvalue weighted by Crippen LogP contribution is -2.16. The summed E-state index contributed by atoms with van der Waals surface area (Å²) in [6.45, 7) is 0.329. The Morgan fingerprint density at radius 2 is 2.14 bits per heavy atom. The normalized spacial score (nSPS) is 17.5. The van der Waals surface area contributed by atoms with E-state index in [1.165, 1.54) is 31.2 Å². The summed E-state index contributed by atoms with van der Waals surface area (Å²) in [5.74, 6) is 0.636. The van der Waals surface area contributed by atoms with Gasteiger partial charge in [-0.25, -0.2) is 0 Å².